The number of hydrogen-bond donors (Lipinski definition) is 0. The van der Waals surface area contributed by atoms with Crippen molar-refractivity contribution < 1.29 is 9.53 Å². The molecule has 17 heavy (non-hydrogen) atoms. The number of esters is 1. The van der Waals surface area contributed by atoms with Crippen LogP contribution in [-0.2, 0) is 9.53 Å². The van der Waals surface area contributed by atoms with Gasteiger partial charge in [0, 0.05) is 5.57 Å². The van der Waals surface area contributed by atoms with Crippen molar-refractivity contribution in [2.45, 2.75) is 70.3 Å². The molecule has 0 aromatic rings. The molecular weight excluding hydrogens is 212 g/mol. The first-order chi connectivity index (χ1) is 8.27. The topological polar surface area (TPSA) is 26.3 Å². The van der Waals surface area contributed by atoms with E-state index >= 15 is 0 Å². The average molecular weight is 236 g/mol. The van der Waals surface area contributed by atoms with E-state index in [1.165, 1.54) is 38.5 Å². The lowest BCUT2D eigenvalue weighted by Gasteiger charge is -2.18. The van der Waals surface area contributed by atoms with Crippen LogP contribution in [0.4, 0.5) is 0 Å². The van der Waals surface area contributed by atoms with Crippen LogP contribution in [0.15, 0.2) is 12.2 Å². The standard InChI is InChI=1S/C15H24O2/c1-12(13-8-4-2-3-5-9-13)15(16)17-14-10-6-7-11-14/h13-14H,1-11H2. The fourth-order valence-electron chi connectivity index (χ4n) is 3.03. The van der Waals surface area contributed by atoms with Gasteiger partial charge in [0.1, 0.15) is 6.10 Å². The fraction of sp³-hybridized carbons (Fsp3) is 0.800. The first-order valence-electron chi connectivity index (χ1n) is 7.17. The smallest absolute Gasteiger partial charge is 0.333 e. The summed E-state index contributed by atoms with van der Waals surface area (Å²) in [5.74, 6) is 0.259. The van der Waals surface area contributed by atoms with E-state index in [2.05, 4.69) is 6.58 Å². The van der Waals surface area contributed by atoms with Gasteiger partial charge in [-0.2, -0.15) is 0 Å². The highest BCUT2D eigenvalue weighted by Gasteiger charge is 2.25. The molecule has 0 saturated heterocycles. The minimum absolute atomic E-state index is 0.121. The molecule has 2 saturated carbocycles. The average Bonchev–Trinajstić information content (AvgIpc) is 2.68. The van der Waals surface area contributed by atoms with Crippen molar-refractivity contribution in [3.05, 3.63) is 12.2 Å². The summed E-state index contributed by atoms with van der Waals surface area (Å²) in [5.41, 5.74) is 0.735. The van der Waals surface area contributed by atoms with Crippen LogP contribution in [0.3, 0.4) is 0 Å². The van der Waals surface area contributed by atoms with E-state index < -0.39 is 0 Å². The second-order valence-corrected chi connectivity index (χ2v) is 5.53. The minimum Gasteiger partial charge on any atom is -0.459 e. The zero-order valence-electron chi connectivity index (χ0n) is 10.7. The zero-order chi connectivity index (χ0) is 12.1. The molecule has 0 spiro atoms. The highest BCUT2D eigenvalue weighted by Crippen LogP contribution is 2.30. The summed E-state index contributed by atoms with van der Waals surface area (Å²) in [4.78, 5) is 12.0. The predicted octanol–water partition coefficient (Wildman–Crippen LogP) is 4.00. The van der Waals surface area contributed by atoms with Gasteiger partial charge in [-0.1, -0.05) is 32.3 Å². The van der Waals surface area contributed by atoms with Crippen molar-refractivity contribution >= 4 is 5.97 Å². The SMILES string of the molecule is C=C(C(=O)OC1CCCC1)C1CCCCCC1. The normalized spacial score (nSPS) is 23.3. The Hall–Kier alpha value is -0.790. The van der Waals surface area contributed by atoms with Gasteiger partial charge in [0.25, 0.3) is 0 Å². The van der Waals surface area contributed by atoms with Crippen molar-refractivity contribution in [3.8, 4) is 0 Å². The Balaban J connectivity index is 1.82. The number of hydrogen-bond acceptors (Lipinski definition) is 2. The summed E-state index contributed by atoms with van der Waals surface area (Å²) in [5, 5.41) is 0. The second-order valence-electron chi connectivity index (χ2n) is 5.53. The molecule has 0 aromatic heterocycles. The maximum atomic E-state index is 12.0. The summed E-state index contributed by atoms with van der Waals surface area (Å²) >= 11 is 0. The Labute approximate surface area is 104 Å². The van der Waals surface area contributed by atoms with Gasteiger partial charge in [-0.05, 0) is 44.4 Å². The Morgan fingerprint density at radius 2 is 1.41 bits per heavy atom. The third kappa shape index (κ3) is 3.58. The van der Waals surface area contributed by atoms with Gasteiger partial charge in [-0.3, -0.25) is 0 Å². The van der Waals surface area contributed by atoms with Crippen LogP contribution in [0, 0.1) is 5.92 Å². The lowest BCUT2D eigenvalue weighted by Crippen LogP contribution is -2.20. The van der Waals surface area contributed by atoms with Crippen LogP contribution in [0.25, 0.3) is 0 Å². The van der Waals surface area contributed by atoms with E-state index in [9.17, 15) is 4.79 Å². The van der Waals surface area contributed by atoms with E-state index in [1.807, 2.05) is 0 Å². The molecule has 0 N–H and O–H groups in total. The van der Waals surface area contributed by atoms with Gasteiger partial charge in [0.15, 0.2) is 0 Å². The first kappa shape index (κ1) is 12.7. The number of rotatable bonds is 3. The third-order valence-electron chi connectivity index (χ3n) is 4.19. The molecule has 0 amide bonds. The predicted molar refractivity (Wildman–Crippen MR) is 68.7 cm³/mol. The molecule has 2 nitrogen and oxygen atoms in total. The number of ether oxygens (including phenoxy) is 1. The van der Waals surface area contributed by atoms with E-state index in [0.717, 1.165) is 31.3 Å². The van der Waals surface area contributed by atoms with E-state index in [4.69, 9.17) is 4.74 Å². The lowest BCUT2D eigenvalue weighted by molar-refractivity contribution is -0.144. The number of carbonyl (C=O) groups excluding carboxylic acids is 1. The van der Waals surface area contributed by atoms with Crippen molar-refractivity contribution in [1.29, 1.82) is 0 Å². The minimum atomic E-state index is -0.121. The van der Waals surface area contributed by atoms with Crippen LogP contribution >= 0.6 is 0 Å². The van der Waals surface area contributed by atoms with Crippen LogP contribution in [0.2, 0.25) is 0 Å². The van der Waals surface area contributed by atoms with Crippen molar-refractivity contribution in [3.63, 3.8) is 0 Å². The van der Waals surface area contributed by atoms with E-state index in [0.29, 0.717) is 5.92 Å². The molecule has 0 aliphatic heterocycles. The quantitative estimate of drug-likeness (QED) is 0.420. The van der Waals surface area contributed by atoms with Gasteiger partial charge in [-0.25, -0.2) is 4.79 Å². The molecule has 0 atom stereocenters. The van der Waals surface area contributed by atoms with E-state index in [-0.39, 0.29) is 12.1 Å². The molecule has 0 bridgehead atoms. The highest BCUT2D eigenvalue weighted by atomic mass is 16.5. The van der Waals surface area contributed by atoms with Crippen LogP contribution in [0.1, 0.15) is 64.2 Å². The van der Waals surface area contributed by atoms with Gasteiger partial charge in [-0.15, -0.1) is 0 Å². The molecule has 0 aromatic carbocycles. The van der Waals surface area contributed by atoms with Crippen LogP contribution in [0.5, 0.6) is 0 Å². The van der Waals surface area contributed by atoms with Crippen molar-refractivity contribution in [2.75, 3.05) is 0 Å². The second kappa shape index (κ2) is 6.23. The van der Waals surface area contributed by atoms with Gasteiger partial charge < -0.3 is 4.74 Å². The molecule has 96 valence electrons. The summed E-state index contributed by atoms with van der Waals surface area (Å²) in [6.45, 7) is 3.99. The molecule has 2 heteroatoms. The fourth-order valence-corrected chi connectivity index (χ4v) is 3.03. The maximum absolute atomic E-state index is 12.0. The van der Waals surface area contributed by atoms with E-state index in [1.54, 1.807) is 0 Å². The first-order valence-corrected chi connectivity index (χ1v) is 7.17. The lowest BCUT2D eigenvalue weighted by atomic mass is 9.92. The zero-order valence-corrected chi connectivity index (χ0v) is 10.7. The maximum Gasteiger partial charge on any atom is 0.333 e. The highest BCUT2D eigenvalue weighted by molar-refractivity contribution is 5.88. The van der Waals surface area contributed by atoms with Gasteiger partial charge in [0.2, 0.25) is 0 Å². The van der Waals surface area contributed by atoms with Crippen molar-refractivity contribution in [1.82, 2.24) is 0 Å². The Bertz CT molecular complexity index is 269. The summed E-state index contributed by atoms with van der Waals surface area (Å²) in [6, 6.07) is 0. The summed E-state index contributed by atoms with van der Waals surface area (Å²) in [7, 11) is 0. The molecule has 2 fully saturated rings. The van der Waals surface area contributed by atoms with Crippen LogP contribution < -0.4 is 0 Å². The molecule has 2 aliphatic carbocycles. The molecule has 2 rings (SSSR count). The largest absolute Gasteiger partial charge is 0.459 e. The van der Waals surface area contributed by atoms with Gasteiger partial charge in [0.05, 0.1) is 0 Å². The van der Waals surface area contributed by atoms with Crippen LogP contribution in [-0.4, -0.2) is 12.1 Å². The molecule has 0 heterocycles. The van der Waals surface area contributed by atoms with Crippen molar-refractivity contribution in [2.24, 2.45) is 5.92 Å². The molecular formula is C15H24O2. The monoisotopic (exact) mass is 236 g/mol. The molecule has 0 unspecified atom stereocenters. The molecule has 0 radical (unpaired) electrons. The Morgan fingerprint density at radius 3 is 2.00 bits per heavy atom. The molecule has 2 aliphatic rings. The summed E-state index contributed by atoms with van der Waals surface area (Å²) < 4.78 is 5.53. The Morgan fingerprint density at radius 1 is 0.882 bits per heavy atom. The van der Waals surface area contributed by atoms with Gasteiger partial charge >= 0.3 is 5.97 Å². The Kier molecular flexibility index (Phi) is 4.64. The summed E-state index contributed by atoms with van der Waals surface area (Å²) in [6.07, 6.45) is 12.0. The third-order valence-corrected chi connectivity index (χ3v) is 4.19. The number of carbonyl (C=O) groups is 1.